The van der Waals surface area contributed by atoms with Gasteiger partial charge in [-0.3, -0.25) is 9.59 Å². The monoisotopic (exact) mass is 442 g/mol. The number of hydrogen-bond donors (Lipinski definition) is 0. The zero-order chi connectivity index (χ0) is 22.4. The fourth-order valence-electron chi connectivity index (χ4n) is 3.95. The summed E-state index contributed by atoms with van der Waals surface area (Å²) in [4.78, 5) is 30.3. The van der Waals surface area contributed by atoms with Gasteiger partial charge in [-0.05, 0) is 49.9 Å². The number of rotatable bonds is 3. The molecule has 166 valence electrons. The van der Waals surface area contributed by atoms with E-state index in [0.717, 1.165) is 12.8 Å². The van der Waals surface area contributed by atoms with Gasteiger partial charge >= 0.3 is 0 Å². The van der Waals surface area contributed by atoms with Gasteiger partial charge in [0.2, 0.25) is 0 Å². The van der Waals surface area contributed by atoms with Crippen LogP contribution in [-0.4, -0.2) is 53.9 Å². The summed E-state index contributed by atoms with van der Waals surface area (Å²) in [7, 11) is 0. The van der Waals surface area contributed by atoms with Crippen molar-refractivity contribution < 1.29 is 14.3 Å². The van der Waals surface area contributed by atoms with Crippen molar-refractivity contribution in [2.75, 3.05) is 26.2 Å². The number of carbonyl (C=O) groups excluding carboxylic acids is 2. The molecular weight excluding hydrogens is 412 g/mol. The predicted octanol–water partition coefficient (Wildman–Crippen LogP) is 5.14. The van der Waals surface area contributed by atoms with E-state index in [1.807, 2.05) is 53.1 Å². The Kier molecular flexibility index (Phi) is 7.97. The number of benzene rings is 2. The van der Waals surface area contributed by atoms with Gasteiger partial charge in [0.15, 0.2) is 0 Å². The molecule has 0 aromatic heterocycles. The third kappa shape index (κ3) is 5.40. The summed E-state index contributed by atoms with van der Waals surface area (Å²) in [6.07, 6.45) is 1.62. The van der Waals surface area contributed by atoms with E-state index in [1.165, 1.54) is 0 Å². The van der Waals surface area contributed by atoms with Crippen LogP contribution in [0.25, 0.3) is 0 Å². The number of amides is 2. The quantitative estimate of drug-likeness (QED) is 0.661. The molecule has 0 aliphatic carbocycles. The van der Waals surface area contributed by atoms with Gasteiger partial charge in [0.25, 0.3) is 11.8 Å². The molecule has 0 unspecified atom stereocenters. The van der Waals surface area contributed by atoms with E-state index in [2.05, 4.69) is 13.8 Å². The number of halogens is 1. The maximum Gasteiger partial charge on any atom is 0.257 e. The van der Waals surface area contributed by atoms with Crippen LogP contribution < -0.4 is 4.74 Å². The lowest BCUT2D eigenvalue weighted by Crippen LogP contribution is -2.47. The molecule has 0 saturated heterocycles. The van der Waals surface area contributed by atoms with Crippen molar-refractivity contribution in [1.29, 1.82) is 0 Å². The summed E-state index contributed by atoms with van der Waals surface area (Å²) < 4.78 is 6.17. The first-order valence-corrected chi connectivity index (χ1v) is 11.4. The topological polar surface area (TPSA) is 49.9 Å². The van der Waals surface area contributed by atoms with Crippen LogP contribution >= 0.6 is 11.6 Å². The molecule has 1 atom stereocenters. The standard InChI is InChI=1S/C25H31ClN2O3/c1-4-27-15-9-10-16-28(25(30)19-11-5-7-13-21(19)26)22(18(2)3)17-31-23-14-8-6-12-20(23)24(27)29/h5-8,11-14,18,22H,4,9-10,15-17H2,1-3H3/t22-/m1/s1. The fraction of sp³-hybridized carbons (Fsp3) is 0.440. The molecule has 0 saturated carbocycles. The van der Waals surface area contributed by atoms with Crippen LogP contribution in [0.5, 0.6) is 5.75 Å². The van der Waals surface area contributed by atoms with Crippen LogP contribution in [-0.2, 0) is 0 Å². The van der Waals surface area contributed by atoms with Crippen LogP contribution in [0, 0.1) is 5.92 Å². The molecule has 0 bridgehead atoms. The third-order valence-corrected chi connectivity index (χ3v) is 6.14. The van der Waals surface area contributed by atoms with Crippen molar-refractivity contribution in [2.24, 2.45) is 5.92 Å². The molecule has 5 nitrogen and oxygen atoms in total. The highest BCUT2D eigenvalue weighted by Gasteiger charge is 2.30. The summed E-state index contributed by atoms with van der Waals surface area (Å²) in [6, 6.07) is 14.4. The van der Waals surface area contributed by atoms with Crippen molar-refractivity contribution in [3.8, 4) is 5.75 Å². The largest absolute Gasteiger partial charge is 0.491 e. The second-order valence-corrected chi connectivity index (χ2v) is 8.60. The average molecular weight is 443 g/mol. The number of para-hydroxylation sites is 1. The Hall–Kier alpha value is -2.53. The van der Waals surface area contributed by atoms with E-state index in [-0.39, 0.29) is 23.8 Å². The van der Waals surface area contributed by atoms with Gasteiger partial charge in [0.1, 0.15) is 12.4 Å². The van der Waals surface area contributed by atoms with Crippen LogP contribution in [0.2, 0.25) is 5.02 Å². The van der Waals surface area contributed by atoms with Gasteiger partial charge in [-0.25, -0.2) is 0 Å². The van der Waals surface area contributed by atoms with Crippen molar-refractivity contribution in [3.63, 3.8) is 0 Å². The van der Waals surface area contributed by atoms with Gasteiger partial charge in [-0.2, -0.15) is 0 Å². The molecule has 2 amide bonds. The molecule has 1 aliphatic rings. The first kappa shape index (κ1) is 23.1. The molecule has 1 heterocycles. The molecule has 0 radical (unpaired) electrons. The minimum absolute atomic E-state index is 0.0104. The molecule has 6 heteroatoms. The molecule has 3 rings (SSSR count). The Bertz CT molecular complexity index is 915. The van der Waals surface area contributed by atoms with Crippen LogP contribution in [0.4, 0.5) is 0 Å². The molecule has 31 heavy (non-hydrogen) atoms. The highest BCUT2D eigenvalue weighted by molar-refractivity contribution is 6.33. The first-order valence-electron chi connectivity index (χ1n) is 11.0. The SMILES string of the molecule is CCN1CCCCN(C(=O)c2ccccc2Cl)[C@@H](C(C)C)COc2ccccc2C1=O. The van der Waals surface area contributed by atoms with E-state index < -0.39 is 0 Å². The van der Waals surface area contributed by atoms with Crippen molar-refractivity contribution in [2.45, 2.75) is 39.7 Å². The molecule has 0 fully saturated rings. The Labute approximate surface area is 189 Å². The minimum Gasteiger partial charge on any atom is -0.491 e. The lowest BCUT2D eigenvalue weighted by molar-refractivity contribution is 0.0512. The van der Waals surface area contributed by atoms with Gasteiger partial charge in [0, 0.05) is 19.6 Å². The molecule has 0 N–H and O–H groups in total. The second-order valence-electron chi connectivity index (χ2n) is 8.19. The van der Waals surface area contributed by atoms with Gasteiger partial charge in [-0.1, -0.05) is 49.7 Å². The summed E-state index contributed by atoms with van der Waals surface area (Å²) in [5.41, 5.74) is 1.07. The lowest BCUT2D eigenvalue weighted by Gasteiger charge is -2.35. The number of carbonyl (C=O) groups is 2. The van der Waals surface area contributed by atoms with Crippen molar-refractivity contribution in [3.05, 3.63) is 64.7 Å². The molecule has 2 aromatic rings. The normalized spacial score (nSPS) is 18.1. The fourth-order valence-corrected chi connectivity index (χ4v) is 4.17. The van der Waals surface area contributed by atoms with Gasteiger partial charge < -0.3 is 14.5 Å². The maximum atomic E-state index is 13.5. The number of hydrogen-bond acceptors (Lipinski definition) is 3. The predicted molar refractivity (Wildman–Crippen MR) is 124 cm³/mol. The van der Waals surface area contributed by atoms with E-state index in [9.17, 15) is 9.59 Å². The zero-order valence-electron chi connectivity index (χ0n) is 18.5. The van der Waals surface area contributed by atoms with E-state index in [1.54, 1.807) is 12.1 Å². The highest BCUT2D eigenvalue weighted by atomic mass is 35.5. The number of ether oxygens (including phenoxy) is 1. The van der Waals surface area contributed by atoms with Crippen molar-refractivity contribution in [1.82, 2.24) is 9.80 Å². The smallest absolute Gasteiger partial charge is 0.257 e. The van der Waals surface area contributed by atoms with Gasteiger partial charge in [0.05, 0.1) is 22.2 Å². The number of fused-ring (bicyclic) bond motifs is 1. The molecule has 0 spiro atoms. The average Bonchev–Trinajstić information content (AvgIpc) is 2.76. The van der Waals surface area contributed by atoms with Crippen molar-refractivity contribution >= 4 is 23.4 Å². The lowest BCUT2D eigenvalue weighted by atomic mass is 10.0. The molecule has 2 aromatic carbocycles. The van der Waals surface area contributed by atoms with Crippen LogP contribution in [0.3, 0.4) is 0 Å². The minimum atomic E-state index is -0.145. The Morgan fingerprint density at radius 2 is 1.77 bits per heavy atom. The summed E-state index contributed by atoms with van der Waals surface area (Å²) in [5.74, 6) is 0.636. The van der Waals surface area contributed by atoms with E-state index >= 15 is 0 Å². The van der Waals surface area contributed by atoms with E-state index in [0.29, 0.717) is 48.1 Å². The first-order chi connectivity index (χ1) is 14.9. The summed E-state index contributed by atoms with van der Waals surface area (Å²) in [5, 5.41) is 0.454. The van der Waals surface area contributed by atoms with Crippen LogP contribution in [0.1, 0.15) is 54.3 Å². The third-order valence-electron chi connectivity index (χ3n) is 5.81. The Morgan fingerprint density at radius 1 is 1.10 bits per heavy atom. The Balaban J connectivity index is 1.96. The molecular formula is C25H31ClN2O3. The second kappa shape index (κ2) is 10.7. The van der Waals surface area contributed by atoms with Gasteiger partial charge in [-0.15, -0.1) is 0 Å². The molecule has 1 aliphatic heterocycles. The highest BCUT2D eigenvalue weighted by Crippen LogP contribution is 2.25. The Morgan fingerprint density at radius 3 is 2.48 bits per heavy atom. The van der Waals surface area contributed by atoms with Crippen LogP contribution in [0.15, 0.2) is 48.5 Å². The maximum absolute atomic E-state index is 13.5. The number of nitrogens with zero attached hydrogens (tertiary/aromatic N) is 2. The summed E-state index contributed by atoms with van der Waals surface area (Å²) >= 11 is 6.34. The zero-order valence-corrected chi connectivity index (χ0v) is 19.3. The summed E-state index contributed by atoms with van der Waals surface area (Å²) in [6.45, 7) is 8.32. The van der Waals surface area contributed by atoms with E-state index in [4.69, 9.17) is 16.3 Å².